The summed E-state index contributed by atoms with van der Waals surface area (Å²) in [6, 6.07) is 1.49. The quantitative estimate of drug-likeness (QED) is 0.751. The van der Waals surface area contributed by atoms with E-state index in [0.29, 0.717) is 18.7 Å². The molecule has 96 valence electrons. The fourth-order valence-electron chi connectivity index (χ4n) is 1.78. The van der Waals surface area contributed by atoms with Gasteiger partial charge in [-0.3, -0.25) is 9.59 Å². The zero-order valence-corrected chi connectivity index (χ0v) is 9.75. The van der Waals surface area contributed by atoms with E-state index in [2.05, 4.69) is 0 Å². The van der Waals surface area contributed by atoms with Crippen molar-refractivity contribution in [3.8, 4) is 0 Å². The second-order valence-electron chi connectivity index (χ2n) is 4.03. The summed E-state index contributed by atoms with van der Waals surface area (Å²) in [5.74, 6) is -2.60. The second-order valence-corrected chi connectivity index (χ2v) is 4.03. The molecule has 0 bridgehead atoms. The van der Waals surface area contributed by atoms with Crippen molar-refractivity contribution in [2.24, 2.45) is 0 Å². The number of nitrogens with zero attached hydrogens (tertiary/aromatic N) is 2. The molecule has 0 saturated carbocycles. The van der Waals surface area contributed by atoms with Gasteiger partial charge in [0.1, 0.15) is 0 Å². The summed E-state index contributed by atoms with van der Waals surface area (Å²) < 4.78 is 4.82. The minimum absolute atomic E-state index is 0.0660. The Kier molecular flexibility index (Phi) is 3.05. The minimum atomic E-state index is -1.19. The van der Waals surface area contributed by atoms with E-state index < -0.39 is 17.8 Å². The van der Waals surface area contributed by atoms with Crippen LogP contribution in [0.4, 0.5) is 0 Å². The summed E-state index contributed by atoms with van der Waals surface area (Å²) in [5.41, 5.74) is 0.383. The van der Waals surface area contributed by atoms with Crippen LogP contribution in [0.25, 0.3) is 0 Å². The highest BCUT2D eigenvalue weighted by molar-refractivity contribution is 6.35. The predicted octanol–water partition coefficient (Wildman–Crippen LogP) is -0.222. The molecule has 0 unspecified atom stereocenters. The second kappa shape index (κ2) is 4.52. The number of piperazine rings is 1. The van der Waals surface area contributed by atoms with Crippen molar-refractivity contribution in [3.05, 3.63) is 23.7 Å². The monoisotopic (exact) mass is 252 g/mol. The molecule has 0 radical (unpaired) electrons. The van der Waals surface area contributed by atoms with Crippen LogP contribution >= 0.6 is 0 Å². The Hall–Kier alpha value is -2.31. The van der Waals surface area contributed by atoms with Gasteiger partial charge in [-0.05, 0) is 6.07 Å². The highest BCUT2D eigenvalue weighted by atomic mass is 16.4. The van der Waals surface area contributed by atoms with Crippen molar-refractivity contribution < 1.29 is 23.9 Å². The average molecular weight is 252 g/mol. The van der Waals surface area contributed by atoms with Crippen LogP contribution in [0, 0.1) is 0 Å². The standard InChI is InChI=1S/C11H12N2O5/c1-12-3-4-13(10(15)9(12)14)6-7-2-5-18-8(7)11(16)17/h2,5H,3-4,6H2,1H3,(H,16,17). The molecule has 0 atom stereocenters. The first-order valence-corrected chi connectivity index (χ1v) is 5.34. The Bertz CT molecular complexity index is 507. The number of carboxylic acid groups (broad SMARTS) is 1. The van der Waals surface area contributed by atoms with Crippen molar-refractivity contribution in [1.29, 1.82) is 0 Å². The van der Waals surface area contributed by atoms with Crippen molar-refractivity contribution in [3.63, 3.8) is 0 Å². The van der Waals surface area contributed by atoms with E-state index in [9.17, 15) is 14.4 Å². The molecule has 2 amide bonds. The first-order valence-electron chi connectivity index (χ1n) is 5.34. The summed E-state index contributed by atoms with van der Waals surface area (Å²) >= 11 is 0. The molecule has 0 spiro atoms. The van der Waals surface area contributed by atoms with E-state index in [1.54, 1.807) is 7.05 Å². The van der Waals surface area contributed by atoms with E-state index in [-0.39, 0.29) is 12.3 Å². The molecule has 1 N–H and O–H groups in total. The van der Waals surface area contributed by atoms with Gasteiger partial charge in [0.15, 0.2) is 0 Å². The Morgan fingerprint density at radius 3 is 2.78 bits per heavy atom. The van der Waals surface area contributed by atoms with Crippen LogP contribution in [-0.2, 0) is 16.1 Å². The van der Waals surface area contributed by atoms with E-state index in [0.717, 1.165) is 0 Å². The molecule has 0 aliphatic carbocycles. The van der Waals surface area contributed by atoms with Gasteiger partial charge in [-0.15, -0.1) is 0 Å². The first kappa shape index (κ1) is 12.2. The fraction of sp³-hybridized carbons (Fsp3) is 0.364. The number of hydrogen-bond donors (Lipinski definition) is 1. The lowest BCUT2D eigenvalue weighted by Gasteiger charge is -2.31. The lowest BCUT2D eigenvalue weighted by Crippen LogP contribution is -2.52. The van der Waals surface area contributed by atoms with Crippen LogP contribution in [0.3, 0.4) is 0 Å². The van der Waals surface area contributed by atoms with Crippen LogP contribution in [0.1, 0.15) is 16.1 Å². The lowest BCUT2D eigenvalue weighted by atomic mass is 10.2. The smallest absolute Gasteiger partial charge is 0.372 e. The molecule has 2 rings (SSSR count). The van der Waals surface area contributed by atoms with Crippen LogP contribution in [0.15, 0.2) is 16.7 Å². The molecule has 7 heteroatoms. The number of carbonyl (C=O) groups excluding carboxylic acids is 2. The largest absolute Gasteiger partial charge is 0.475 e. The summed E-state index contributed by atoms with van der Waals surface area (Å²) in [6.07, 6.45) is 1.25. The molecule has 1 aromatic heterocycles. The molecule has 0 aromatic carbocycles. The third kappa shape index (κ3) is 2.06. The minimum Gasteiger partial charge on any atom is -0.475 e. The molecule has 2 heterocycles. The van der Waals surface area contributed by atoms with Gasteiger partial charge in [-0.1, -0.05) is 0 Å². The van der Waals surface area contributed by atoms with Gasteiger partial charge in [-0.25, -0.2) is 4.79 Å². The maximum absolute atomic E-state index is 11.7. The topological polar surface area (TPSA) is 91.1 Å². The summed E-state index contributed by atoms with van der Waals surface area (Å²) in [7, 11) is 1.55. The van der Waals surface area contributed by atoms with Crippen molar-refractivity contribution in [2.75, 3.05) is 20.1 Å². The third-order valence-electron chi connectivity index (χ3n) is 2.82. The molecule has 1 aliphatic heterocycles. The van der Waals surface area contributed by atoms with Gasteiger partial charge < -0.3 is 19.3 Å². The van der Waals surface area contributed by atoms with Crippen LogP contribution in [-0.4, -0.2) is 52.8 Å². The number of carboxylic acids is 1. The van der Waals surface area contributed by atoms with Crippen molar-refractivity contribution in [2.45, 2.75) is 6.54 Å². The number of hydrogen-bond acceptors (Lipinski definition) is 4. The normalized spacial score (nSPS) is 16.3. The summed E-state index contributed by atoms with van der Waals surface area (Å²) in [4.78, 5) is 36.7. The number of carbonyl (C=O) groups is 3. The Morgan fingerprint density at radius 1 is 1.39 bits per heavy atom. The zero-order valence-electron chi connectivity index (χ0n) is 9.75. The summed E-state index contributed by atoms with van der Waals surface area (Å²) in [6.45, 7) is 0.882. The third-order valence-corrected chi connectivity index (χ3v) is 2.82. The Morgan fingerprint density at radius 2 is 2.11 bits per heavy atom. The van der Waals surface area contributed by atoms with Gasteiger partial charge >= 0.3 is 17.8 Å². The van der Waals surface area contributed by atoms with Gasteiger partial charge in [0.05, 0.1) is 12.8 Å². The molecule has 18 heavy (non-hydrogen) atoms. The van der Waals surface area contributed by atoms with Crippen LogP contribution < -0.4 is 0 Å². The number of rotatable bonds is 3. The fourth-order valence-corrected chi connectivity index (χ4v) is 1.78. The maximum Gasteiger partial charge on any atom is 0.372 e. The van der Waals surface area contributed by atoms with Gasteiger partial charge in [-0.2, -0.15) is 0 Å². The van der Waals surface area contributed by atoms with Crippen LogP contribution in [0.5, 0.6) is 0 Å². The Labute approximate surface area is 103 Å². The molecule has 1 aliphatic rings. The summed E-state index contributed by atoms with van der Waals surface area (Å²) in [5, 5.41) is 8.87. The van der Waals surface area contributed by atoms with Gasteiger partial charge in [0.25, 0.3) is 0 Å². The molecule has 1 aromatic rings. The molecule has 1 saturated heterocycles. The highest BCUT2D eigenvalue weighted by Crippen LogP contribution is 2.15. The maximum atomic E-state index is 11.7. The number of amides is 2. The molecule has 7 nitrogen and oxygen atoms in total. The Balaban J connectivity index is 2.14. The van der Waals surface area contributed by atoms with E-state index in [1.165, 1.54) is 22.1 Å². The van der Waals surface area contributed by atoms with E-state index in [4.69, 9.17) is 9.52 Å². The first-order chi connectivity index (χ1) is 8.50. The van der Waals surface area contributed by atoms with Crippen molar-refractivity contribution >= 4 is 17.8 Å². The van der Waals surface area contributed by atoms with E-state index in [1.807, 2.05) is 0 Å². The highest BCUT2D eigenvalue weighted by Gasteiger charge is 2.31. The van der Waals surface area contributed by atoms with Gasteiger partial charge in [0, 0.05) is 25.7 Å². The molecular weight excluding hydrogens is 240 g/mol. The lowest BCUT2D eigenvalue weighted by molar-refractivity contribution is -0.155. The average Bonchev–Trinajstić information content (AvgIpc) is 2.78. The SMILES string of the molecule is CN1CCN(Cc2ccoc2C(=O)O)C(=O)C1=O. The predicted molar refractivity (Wildman–Crippen MR) is 58.7 cm³/mol. The van der Waals surface area contributed by atoms with Gasteiger partial charge in [0.2, 0.25) is 5.76 Å². The zero-order chi connectivity index (χ0) is 13.3. The van der Waals surface area contributed by atoms with Crippen LogP contribution in [0.2, 0.25) is 0 Å². The van der Waals surface area contributed by atoms with Crippen molar-refractivity contribution in [1.82, 2.24) is 9.80 Å². The number of aromatic carboxylic acids is 1. The molecule has 1 fully saturated rings. The number of likely N-dealkylation sites (N-methyl/N-ethyl adjacent to an activating group) is 1. The number of furan rings is 1. The van der Waals surface area contributed by atoms with E-state index >= 15 is 0 Å². The molecular formula is C11H12N2O5.